The molecule has 0 amide bonds. The highest BCUT2D eigenvalue weighted by Crippen LogP contribution is 2.29. The highest BCUT2D eigenvalue weighted by molar-refractivity contribution is 7.92. The second-order valence-electron chi connectivity index (χ2n) is 5.11. The van der Waals surface area contributed by atoms with E-state index in [9.17, 15) is 13.2 Å². The SMILES string of the molecule is C=C(C)C(=O)OCCS(=O)(=O)C(C)(C)c1ccccc1. The predicted molar refractivity (Wildman–Crippen MR) is 79.0 cm³/mol. The van der Waals surface area contributed by atoms with E-state index in [2.05, 4.69) is 6.58 Å². The average Bonchev–Trinajstić information content (AvgIpc) is 2.39. The van der Waals surface area contributed by atoms with Crippen LogP contribution in [0.1, 0.15) is 26.3 Å². The molecule has 0 saturated heterocycles. The molecule has 0 aromatic heterocycles. The van der Waals surface area contributed by atoms with Crippen LogP contribution in [0.2, 0.25) is 0 Å². The monoisotopic (exact) mass is 296 g/mol. The van der Waals surface area contributed by atoms with Crippen molar-refractivity contribution in [3.05, 3.63) is 48.0 Å². The summed E-state index contributed by atoms with van der Waals surface area (Å²) in [5.41, 5.74) is 0.968. The third-order valence-corrected chi connectivity index (χ3v) is 5.68. The molecule has 1 rings (SSSR count). The summed E-state index contributed by atoms with van der Waals surface area (Å²) in [5, 5.41) is 0. The number of rotatable bonds is 6. The largest absolute Gasteiger partial charge is 0.461 e. The fourth-order valence-corrected chi connectivity index (χ4v) is 2.95. The molecule has 20 heavy (non-hydrogen) atoms. The molecular weight excluding hydrogens is 276 g/mol. The summed E-state index contributed by atoms with van der Waals surface area (Å²) in [6.07, 6.45) is 0. The van der Waals surface area contributed by atoms with E-state index in [1.807, 2.05) is 6.07 Å². The normalized spacial score (nSPS) is 11.9. The van der Waals surface area contributed by atoms with Crippen molar-refractivity contribution in [3.63, 3.8) is 0 Å². The van der Waals surface area contributed by atoms with E-state index in [0.717, 1.165) is 0 Å². The molecule has 4 nitrogen and oxygen atoms in total. The van der Waals surface area contributed by atoms with Crippen LogP contribution in [0, 0.1) is 0 Å². The third kappa shape index (κ3) is 3.70. The Bertz CT molecular complexity index is 586. The first-order valence-electron chi connectivity index (χ1n) is 6.29. The lowest BCUT2D eigenvalue weighted by Gasteiger charge is -2.25. The first kappa shape index (κ1) is 16.4. The standard InChI is InChI=1S/C15H20O4S/c1-12(2)14(16)19-10-11-20(17,18)15(3,4)13-8-6-5-7-9-13/h5-9H,1,10-11H2,2-4H3. The summed E-state index contributed by atoms with van der Waals surface area (Å²) in [6.45, 7) is 8.10. The van der Waals surface area contributed by atoms with Gasteiger partial charge in [-0.15, -0.1) is 0 Å². The molecule has 0 unspecified atom stereocenters. The van der Waals surface area contributed by atoms with E-state index in [0.29, 0.717) is 5.56 Å². The van der Waals surface area contributed by atoms with Crippen LogP contribution in [0.15, 0.2) is 42.5 Å². The van der Waals surface area contributed by atoms with Crippen molar-refractivity contribution in [1.29, 1.82) is 0 Å². The minimum absolute atomic E-state index is 0.162. The van der Waals surface area contributed by atoms with Crippen molar-refractivity contribution in [2.45, 2.75) is 25.5 Å². The molecule has 0 saturated carbocycles. The van der Waals surface area contributed by atoms with Gasteiger partial charge in [0.25, 0.3) is 0 Å². The van der Waals surface area contributed by atoms with Crippen molar-refractivity contribution in [2.24, 2.45) is 0 Å². The molecular formula is C15H20O4S. The maximum atomic E-state index is 12.4. The maximum absolute atomic E-state index is 12.4. The Morgan fingerprint density at radius 1 is 1.25 bits per heavy atom. The minimum Gasteiger partial charge on any atom is -0.461 e. The summed E-state index contributed by atoms with van der Waals surface area (Å²) in [7, 11) is -3.44. The molecule has 0 aliphatic carbocycles. The molecule has 0 radical (unpaired) electrons. The van der Waals surface area contributed by atoms with Crippen LogP contribution >= 0.6 is 0 Å². The van der Waals surface area contributed by atoms with Gasteiger partial charge in [-0.1, -0.05) is 36.9 Å². The quantitative estimate of drug-likeness (QED) is 0.597. The number of ether oxygens (including phenoxy) is 1. The zero-order valence-electron chi connectivity index (χ0n) is 12.0. The minimum atomic E-state index is -3.44. The molecule has 0 atom stereocenters. The lowest BCUT2D eigenvalue weighted by molar-refractivity contribution is -0.138. The van der Waals surface area contributed by atoms with Gasteiger partial charge in [-0.2, -0.15) is 0 Å². The Kier molecular flexibility index (Phi) is 5.11. The van der Waals surface area contributed by atoms with E-state index in [4.69, 9.17) is 4.74 Å². The molecule has 5 heteroatoms. The van der Waals surface area contributed by atoms with Crippen LogP contribution in [0.4, 0.5) is 0 Å². The van der Waals surface area contributed by atoms with Gasteiger partial charge in [0, 0.05) is 5.57 Å². The van der Waals surface area contributed by atoms with Crippen molar-refractivity contribution < 1.29 is 17.9 Å². The Morgan fingerprint density at radius 3 is 2.30 bits per heavy atom. The Balaban J connectivity index is 2.78. The number of hydrogen-bond acceptors (Lipinski definition) is 4. The Morgan fingerprint density at radius 2 is 1.80 bits per heavy atom. The highest BCUT2D eigenvalue weighted by Gasteiger charge is 2.35. The summed E-state index contributed by atoms with van der Waals surface area (Å²) in [6, 6.07) is 8.98. The van der Waals surface area contributed by atoms with Crippen LogP contribution in [0.25, 0.3) is 0 Å². The third-order valence-electron chi connectivity index (χ3n) is 3.18. The lowest BCUT2D eigenvalue weighted by atomic mass is 10.0. The van der Waals surface area contributed by atoms with Crippen molar-refractivity contribution in [2.75, 3.05) is 12.4 Å². The fraction of sp³-hybridized carbons (Fsp3) is 0.400. The van der Waals surface area contributed by atoms with Gasteiger partial charge in [0.15, 0.2) is 9.84 Å². The van der Waals surface area contributed by atoms with Gasteiger partial charge < -0.3 is 4.74 Å². The molecule has 0 aliphatic heterocycles. The van der Waals surface area contributed by atoms with Crippen LogP contribution in [-0.4, -0.2) is 26.7 Å². The molecule has 0 fully saturated rings. The number of carbonyl (C=O) groups is 1. The summed E-state index contributed by atoms with van der Waals surface area (Å²) in [5.74, 6) is -0.786. The number of benzene rings is 1. The number of esters is 1. The predicted octanol–water partition coefficient (Wildman–Crippen LogP) is 2.46. The first-order valence-corrected chi connectivity index (χ1v) is 7.94. The molecule has 0 aliphatic rings. The van der Waals surface area contributed by atoms with Gasteiger partial charge in [-0.05, 0) is 26.3 Å². The molecule has 110 valence electrons. The van der Waals surface area contributed by atoms with Crippen LogP contribution < -0.4 is 0 Å². The van der Waals surface area contributed by atoms with Gasteiger partial charge in [0.2, 0.25) is 0 Å². The fourth-order valence-electron chi connectivity index (χ4n) is 1.64. The molecule has 0 spiro atoms. The van der Waals surface area contributed by atoms with E-state index >= 15 is 0 Å². The molecule has 1 aromatic rings. The van der Waals surface area contributed by atoms with E-state index in [-0.39, 0.29) is 17.9 Å². The molecule has 0 bridgehead atoms. The number of hydrogen-bond donors (Lipinski definition) is 0. The molecule has 1 aromatic carbocycles. The average molecular weight is 296 g/mol. The van der Waals surface area contributed by atoms with Gasteiger partial charge >= 0.3 is 5.97 Å². The van der Waals surface area contributed by atoms with E-state index in [1.54, 1.807) is 38.1 Å². The second kappa shape index (κ2) is 6.22. The first-order chi connectivity index (χ1) is 9.18. The van der Waals surface area contributed by atoms with E-state index < -0.39 is 20.6 Å². The summed E-state index contributed by atoms with van der Waals surface area (Å²) >= 11 is 0. The number of carbonyl (C=O) groups excluding carboxylic acids is 1. The van der Waals surface area contributed by atoms with Crippen LogP contribution in [0.5, 0.6) is 0 Å². The van der Waals surface area contributed by atoms with Crippen molar-refractivity contribution in [3.8, 4) is 0 Å². The summed E-state index contributed by atoms with van der Waals surface area (Å²) in [4.78, 5) is 11.2. The van der Waals surface area contributed by atoms with Gasteiger partial charge in [-0.25, -0.2) is 13.2 Å². The Labute approximate surface area is 120 Å². The lowest BCUT2D eigenvalue weighted by Crippen LogP contribution is -2.33. The second-order valence-corrected chi connectivity index (χ2v) is 7.77. The number of sulfone groups is 1. The van der Waals surface area contributed by atoms with E-state index in [1.165, 1.54) is 6.92 Å². The van der Waals surface area contributed by atoms with Crippen LogP contribution in [0.3, 0.4) is 0 Å². The Hall–Kier alpha value is -1.62. The van der Waals surface area contributed by atoms with Gasteiger partial charge in [0.1, 0.15) is 6.61 Å². The zero-order valence-corrected chi connectivity index (χ0v) is 12.9. The van der Waals surface area contributed by atoms with Crippen LogP contribution in [-0.2, 0) is 24.1 Å². The van der Waals surface area contributed by atoms with Crippen molar-refractivity contribution >= 4 is 15.8 Å². The van der Waals surface area contributed by atoms with Gasteiger partial charge in [0.05, 0.1) is 10.5 Å². The summed E-state index contributed by atoms with van der Waals surface area (Å²) < 4.78 is 28.6. The molecule has 0 N–H and O–H groups in total. The zero-order chi connectivity index (χ0) is 15.4. The maximum Gasteiger partial charge on any atom is 0.333 e. The highest BCUT2D eigenvalue weighted by atomic mass is 32.2. The molecule has 0 heterocycles. The van der Waals surface area contributed by atoms with Gasteiger partial charge in [-0.3, -0.25) is 0 Å². The smallest absolute Gasteiger partial charge is 0.333 e. The van der Waals surface area contributed by atoms with Crippen molar-refractivity contribution in [1.82, 2.24) is 0 Å². The topological polar surface area (TPSA) is 60.4 Å².